The second-order valence-corrected chi connectivity index (χ2v) is 3.51. The van der Waals surface area contributed by atoms with Crippen LogP contribution in [0.1, 0.15) is 32.1 Å². The van der Waals surface area contributed by atoms with Crippen LogP contribution in [0.3, 0.4) is 0 Å². The van der Waals surface area contributed by atoms with Crippen LogP contribution < -0.4 is 5.32 Å². The molecule has 0 bridgehead atoms. The zero-order valence-electron chi connectivity index (χ0n) is 7.08. The number of aliphatic imine (C=N–C) groups is 1. The molecule has 0 aromatic rings. The summed E-state index contributed by atoms with van der Waals surface area (Å²) >= 11 is 0. The molecule has 2 atom stereocenters. The number of nitriles is 1. The molecule has 0 spiro atoms. The van der Waals surface area contributed by atoms with Crippen LogP contribution in [-0.4, -0.2) is 17.9 Å². The molecule has 64 valence electrons. The van der Waals surface area contributed by atoms with Gasteiger partial charge in [-0.05, 0) is 12.8 Å². The van der Waals surface area contributed by atoms with E-state index in [0.717, 1.165) is 5.84 Å². The first kappa shape index (κ1) is 7.60. The predicted octanol–water partition coefficient (Wildman–Crippen LogP) is 1.21. The molecule has 1 saturated carbocycles. The molecule has 3 heteroatoms. The summed E-state index contributed by atoms with van der Waals surface area (Å²) in [6.45, 7) is 0. The molecular weight excluding hydrogens is 150 g/mol. The highest BCUT2D eigenvalue weighted by Gasteiger charge is 2.30. The molecule has 3 nitrogen and oxygen atoms in total. The van der Waals surface area contributed by atoms with Crippen molar-refractivity contribution in [2.24, 2.45) is 4.99 Å². The average molecular weight is 163 g/mol. The Kier molecular flexibility index (Phi) is 1.99. The van der Waals surface area contributed by atoms with Crippen LogP contribution in [0.5, 0.6) is 0 Å². The van der Waals surface area contributed by atoms with Crippen molar-refractivity contribution in [2.45, 2.75) is 44.2 Å². The lowest BCUT2D eigenvalue weighted by atomic mass is 9.92. The zero-order valence-corrected chi connectivity index (χ0v) is 7.08. The number of fused-ring (bicyclic) bond motifs is 1. The standard InChI is InChI=1S/C9H13N3/c10-6-5-9-11-7-3-1-2-4-8(7)12-9/h7-8H,1-5H2,(H,11,12)/t7-,8+. The van der Waals surface area contributed by atoms with E-state index >= 15 is 0 Å². The minimum absolute atomic E-state index is 0.451. The fourth-order valence-corrected chi connectivity index (χ4v) is 2.06. The Morgan fingerprint density at radius 3 is 3.08 bits per heavy atom. The van der Waals surface area contributed by atoms with Gasteiger partial charge in [-0.2, -0.15) is 5.26 Å². The monoisotopic (exact) mass is 163 g/mol. The number of amidine groups is 1. The maximum atomic E-state index is 8.49. The summed E-state index contributed by atoms with van der Waals surface area (Å²) in [4.78, 5) is 4.48. The first-order valence-electron chi connectivity index (χ1n) is 4.60. The molecule has 1 aliphatic carbocycles. The zero-order chi connectivity index (χ0) is 8.39. The molecule has 2 aliphatic rings. The van der Waals surface area contributed by atoms with Gasteiger partial charge in [0.1, 0.15) is 5.84 Å². The third kappa shape index (κ3) is 1.29. The highest BCUT2D eigenvalue weighted by Crippen LogP contribution is 2.24. The van der Waals surface area contributed by atoms with Crippen LogP contribution in [-0.2, 0) is 0 Å². The summed E-state index contributed by atoms with van der Waals surface area (Å²) in [5.41, 5.74) is 0. The van der Waals surface area contributed by atoms with E-state index in [1.807, 2.05) is 0 Å². The van der Waals surface area contributed by atoms with E-state index in [9.17, 15) is 0 Å². The lowest BCUT2D eigenvalue weighted by molar-refractivity contribution is 0.384. The Balaban J connectivity index is 2.00. The van der Waals surface area contributed by atoms with Crippen molar-refractivity contribution in [1.82, 2.24) is 5.32 Å². The van der Waals surface area contributed by atoms with Gasteiger partial charge in [0.15, 0.2) is 0 Å². The second-order valence-electron chi connectivity index (χ2n) is 3.51. The summed E-state index contributed by atoms with van der Waals surface area (Å²) in [5, 5.41) is 11.8. The maximum absolute atomic E-state index is 8.49. The molecule has 0 saturated heterocycles. The van der Waals surface area contributed by atoms with E-state index in [1.54, 1.807) is 0 Å². The van der Waals surface area contributed by atoms with Crippen LogP contribution in [0, 0.1) is 11.3 Å². The van der Waals surface area contributed by atoms with E-state index in [2.05, 4.69) is 16.4 Å². The van der Waals surface area contributed by atoms with Crippen LogP contribution in [0.4, 0.5) is 0 Å². The van der Waals surface area contributed by atoms with Crippen LogP contribution in [0.2, 0.25) is 0 Å². The fourth-order valence-electron chi connectivity index (χ4n) is 2.06. The van der Waals surface area contributed by atoms with E-state index < -0.39 is 0 Å². The molecule has 1 fully saturated rings. The van der Waals surface area contributed by atoms with Crippen molar-refractivity contribution in [3.05, 3.63) is 0 Å². The van der Waals surface area contributed by atoms with Gasteiger partial charge >= 0.3 is 0 Å². The van der Waals surface area contributed by atoms with E-state index in [4.69, 9.17) is 5.26 Å². The van der Waals surface area contributed by atoms with Crippen LogP contribution in [0.15, 0.2) is 4.99 Å². The van der Waals surface area contributed by atoms with Gasteiger partial charge in [0.2, 0.25) is 0 Å². The van der Waals surface area contributed by atoms with Crippen molar-refractivity contribution >= 4 is 5.84 Å². The minimum atomic E-state index is 0.451. The van der Waals surface area contributed by atoms with Gasteiger partial charge < -0.3 is 5.32 Å². The lowest BCUT2D eigenvalue weighted by Gasteiger charge is -2.23. The van der Waals surface area contributed by atoms with Gasteiger partial charge in [-0.15, -0.1) is 0 Å². The minimum Gasteiger partial charge on any atom is -0.368 e. The Bertz CT molecular complexity index is 239. The smallest absolute Gasteiger partial charge is 0.111 e. The summed E-state index contributed by atoms with van der Waals surface area (Å²) in [6, 6.07) is 3.14. The van der Waals surface area contributed by atoms with Crippen LogP contribution in [0.25, 0.3) is 0 Å². The number of rotatable bonds is 1. The van der Waals surface area contributed by atoms with Gasteiger partial charge in [0, 0.05) is 6.04 Å². The predicted molar refractivity (Wildman–Crippen MR) is 46.8 cm³/mol. The molecule has 0 amide bonds. The maximum Gasteiger partial charge on any atom is 0.111 e. The summed E-state index contributed by atoms with van der Waals surface area (Å²) in [6.07, 6.45) is 5.48. The van der Waals surface area contributed by atoms with Gasteiger partial charge in [0.25, 0.3) is 0 Å². The fraction of sp³-hybridized carbons (Fsp3) is 0.778. The molecule has 0 aromatic heterocycles. The van der Waals surface area contributed by atoms with Gasteiger partial charge in [-0.1, -0.05) is 12.8 Å². The number of nitrogens with one attached hydrogen (secondary N) is 1. The Morgan fingerprint density at radius 1 is 1.50 bits per heavy atom. The van der Waals surface area contributed by atoms with Crippen molar-refractivity contribution in [1.29, 1.82) is 5.26 Å². The molecule has 1 N–H and O–H groups in total. The van der Waals surface area contributed by atoms with E-state index in [1.165, 1.54) is 25.7 Å². The van der Waals surface area contributed by atoms with Gasteiger partial charge in [0.05, 0.1) is 18.5 Å². The van der Waals surface area contributed by atoms with E-state index in [0.29, 0.717) is 18.5 Å². The lowest BCUT2D eigenvalue weighted by Crippen LogP contribution is -2.36. The normalized spacial score (nSPS) is 33.1. The van der Waals surface area contributed by atoms with Crippen molar-refractivity contribution in [3.8, 4) is 6.07 Å². The molecule has 12 heavy (non-hydrogen) atoms. The topological polar surface area (TPSA) is 48.2 Å². The summed E-state index contributed by atoms with van der Waals surface area (Å²) < 4.78 is 0. The first-order chi connectivity index (χ1) is 5.90. The summed E-state index contributed by atoms with van der Waals surface area (Å²) in [5.74, 6) is 0.911. The van der Waals surface area contributed by atoms with Crippen molar-refractivity contribution < 1.29 is 0 Å². The third-order valence-electron chi connectivity index (χ3n) is 2.65. The van der Waals surface area contributed by atoms with Gasteiger partial charge in [-0.25, -0.2) is 0 Å². The third-order valence-corrected chi connectivity index (χ3v) is 2.65. The molecule has 1 aliphatic heterocycles. The average Bonchev–Trinajstić information content (AvgIpc) is 2.47. The molecular formula is C9H13N3. The highest BCUT2D eigenvalue weighted by atomic mass is 15.1. The van der Waals surface area contributed by atoms with E-state index in [-0.39, 0.29) is 0 Å². The number of nitrogens with zero attached hydrogens (tertiary/aromatic N) is 2. The quantitative estimate of drug-likeness (QED) is 0.631. The van der Waals surface area contributed by atoms with Crippen molar-refractivity contribution in [2.75, 3.05) is 0 Å². The SMILES string of the molecule is N#CCC1=N[C@H]2CCCC[C@H]2N1. The second kappa shape index (κ2) is 3.14. The van der Waals surface area contributed by atoms with Gasteiger partial charge in [-0.3, -0.25) is 4.99 Å². The Morgan fingerprint density at radius 2 is 2.33 bits per heavy atom. The van der Waals surface area contributed by atoms with Crippen molar-refractivity contribution in [3.63, 3.8) is 0 Å². The highest BCUT2D eigenvalue weighted by molar-refractivity contribution is 5.86. The van der Waals surface area contributed by atoms with Crippen LogP contribution >= 0.6 is 0 Å². The summed E-state index contributed by atoms with van der Waals surface area (Å²) in [7, 11) is 0. The number of hydrogen-bond acceptors (Lipinski definition) is 3. The molecule has 0 radical (unpaired) electrons. The molecule has 0 unspecified atom stereocenters. The molecule has 1 heterocycles. The first-order valence-corrected chi connectivity index (χ1v) is 4.60. The Hall–Kier alpha value is -1.04. The molecule has 2 rings (SSSR count). The number of hydrogen-bond donors (Lipinski definition) is 1. The Labute approximate surface area is 72.5 Å². The largest absolute Gasteiger partial charge is 0.368 e. The molecule has 0 aromatic carbocycles.